The van der Waals surface area contributed by atoms with Crippen molar-refractivity contribution in [1.29, 1.82) is 0 Å². The monoisotopic (exact) mass is 134 g/mol. The molecule has 0 aromatic carbocycles. The molecule has 0 aliphatic carbocycles. The molecule has 0 saturated heterocycles. The van der Waals surface area contributed by atoms with E-state index in [4.69, 9.17) is 0 Å². The summed E-state index contributed by atoms with van der Waals surface area (Å²) < 4.78 is 0. The molecule has 1 rings (SSSR count). The first-order valence-corrected chi connectivity index (χ1v) is 3.10. The van der Waals surface area contributed by atoms with Crippen LogP contribution in [-0.4, -0.2) is 9.97 Å². The lowest BCUT2D eigenvalue weighted by molar-refractivity contribution is 0.989. The summed E-state index contributed by atoms with van der Waals surface area (Å²) >= 11 is 0. The molecule has 0 aliphatic heterocycles. The maximum absolute atomic E-state index is 4.14. The molecule has 0 fully saturated rings. The van der Waals surface area contributed by atoms with Crippen LogP contribution in [0.2, 0.25) is 0 Å². The molecular weight excluding hydrogens is 124 g/mol. The predicted octanol–water partition coefficient (Wildman–Crippen LogP) is -0.0860. The van der Waals surface area contributed by atoms with Gasteiger partial charge in [0, 0.05) is 0 Å². The van der Waals surface area contributed by atoms with Gasteiger partial charge in [-0.15, -0.1) is 0 Å². The summed E-state index contributed by atoms with van der Waals surface area (Å²) in [5.41, 5.74) is 1.86. The van der Waals surface area contributed by atoms with Crippen LogP contribution in [0.5, 0.6) is 0 Å². The van der Waals surface area contributed by atoms with Crippen molar-refractivity contribution in [2.45, 2.75) is 13.8 Å². The highest BCUT2D eigenvalue weighted by Gasteiger charge is 1.92. The van der Waals surface area contributed by atoms with Crippen molar-refractivity contribution < 1.29 is 0 Å². The van der Waals surface area contributed by atoms with E-state index in [2.05, 4.69) is 23.1 Å². The van der Waals surface area contributed by atoms with Crippen molar-refractivity contribution in [3.05, 3.63) is 22.1 Å². The molecule has 0 unspecified atom stereocenters. The van der Waals surface area contributed by atoms with Crippen molar-refractivity contribution in [3.63, 3.8) is 0 Å². The Morgan fingerprint density at radius 1 is 0.900 bits per heavy atom. The van der Waals surface area contributed by atoms with E-state index < -0.39 is 0 Å². The van der Waals surface area contributed by atoms with Crippen LogP contribution in [0.3, 0.4) is 0 Å². The highest BCUT2D eigenvalue weighted by Crippen LogP contribution is 1.89. The van der Waals surface area contributed by atoms with Gasteiger partial charge in [0.1, 0.15) is 0 Å². The molecule has 1 heterocycles. The SMILES string of the molecule is C=c1nc(C)c(C)nc1=C. The van der Waals surface area contributed by atoms with Gasteiger partial charge in [-0.25, -0.2) is 0 Å². The first kappa shape index (κ1) is 6.93. The third-order valence-electron chi connectivity index (χ3n) is 1.46. The molecule has 0 bridgehead atoms. The van der Waals surface area contributed by atoms with Crippen LogP contribution in [0.15, 0.2) is 0 Å². The zero-order valence-electron chi connectivity index (χ0n) is 6.31. The van der Waals surface area contributed by atoms with Gasteiger partial charge in [-0.3, -0.25) is 9.97 Å². The van der Waals surface area contributed by atoms with Gasteiger partial charge < -0.3 is 0 Å². The average Bonchev–Trinajstić information content (AvgIpc) is 1.84. The highest BCUT2D eigenvalue weighted by atomic mass is 14.8. The standard InChI is InChI=1S/C8H10N2/c1-5-6(2)10-8(4)7(3)9-5/h1-2H2,3-4H3. The Kier molecular flexibility index (Phi) is 1.53. The normalized spacial score (nSPS) is 9.80. The predicted molar refractivity (Wildman–Crippen MR) is 41.8 cm³/mol. The second-order valence-corrected chi connectivity index (χ2v) is 2.29. The Labute approximate surface area is 60.0 Å². The van der Waals surface area contributed by atoms with Crippen LogP contribution in [0, 0.1) is 13.8 Å². The van der Waals surface area contributed by atoms with Gasteiger partial charge in [-0.05, 0) is 13.8 Å². The van der Waals surface area contributed by atoms with Crippen LogP contribution >= 0.6 is 0 Å². The third kappa shape index (κ3) is 1.05. The Balaban J connectivity index is 3.59. The van der Waals surface area contributed by atoms with Crippen molar-refractivity contribution in [1.82, 2.24) is 9.97 Å². The Hall–Kier alpha value is -1.18. The van der Waals surface area contributed by atoms with E-state index >= 15 is 0 Å². The Morgan fingerprint density at radius 2 is 1.20 bits per heavy atom. The third-order valence-corrected chi connectivity index (χ3v) is 1.46. The lowest BCUT2D eigenvalue weighted by atomic mass is 10.3. The molecule has 0 atom stereocenters. The lowest BCUT2D eigenvalue weighted by Crippen LogP contribution is -2.30. The number of hydrogen-bond acceptors (Lipinski definition) is 2. The molecule has 10 heavy (non-hydrogen) atoms. The molecule has 2 nitrogen and oxygen atoms in total. The molecule has 0 aliphatic rings. The summed E-state index contributed by atoms with van der Waals surface area (Å²) in [5, 5.41) is 1.34. The minimum absolute atomic E-state index is 0.670. The van der Waals surface area contributed by atoms with Gasteiger partial charge in [0.05, 0.1) is 22.1 Å². The van der Waals surface area contributed by atoms with E-state index in [9.17, 15) is 0 Å². The molecule has 1 aromatic rings. The maximum Gasteiger partial charge on any atom is 0.0812 e. The molecule has 0 amide bonds. The van der Waals surface area contributed by atoms with Crippen molar-refractivity contribution in [3.8, 4) is 0 Å². The summed E-state index contributed by atoms with van der Waals surface area (Å²) in [7, 11) is 0. The molecule has 1 aromatic heterocycles. The molecule has 0 radical (unpaired) electrons. The minimum atomic E-state index is 0.670. The number of aromatic nitrogens is 2. The van der Waals surface area contributed by atoms with Crippen molar-refractivity contribution >= 4 is 13.2 Å². The molecular formula is C8H10N2. The molecule has 0 spiro atoms. The van der Waals surface area contributed by atoms with Gasteiger partial charge in [-0.1, -0.05) is 13.2 Å². The second-order valence-electron chi connectivity index (χ2n) is 2.29. The van der Waals surface area contributed by atoms with E-state index in [1.165, 1.54) is 0 Å². The van der Waals surface area contributed by atoms with E-state index in [-0.39, 0.29) is 0 Å². The van der Waals surface area contributed by atoms with Crippen LogP contribution in [-0.2, 0) is 0 Å². The summed E-state index contributed by atoms with van der Waals surface area (Å²) in [6.45, 7) is 11.2. The zero-order valence-corrected chi connectivity index (χ0v) is 6.31. The van der Waals surface area contributed by atoms with Crippen LogP contribution in [0.1, 0.15) is 11.4 Å². The fourth-order valence-corrected chi connectivity index (χ4v) is 0.696. The average molecular weight is 134 g/mol. The minimum Gasteiger partial charge on any atom is -0.250 e. The topological polar surface area (TPSA) is 25.8 Å². The summed E-state index contributed by atoms with van der Waals surface area (Å²) in [5.74, 6) is 0. The number of rotatable bonds is 0. The second kappa shape index (κ2) is 2.21. The van der Waals surface area contributed by atoms with Crippen molar-refractivity contribution in [2.24, 2.45) is 0 Å². The molecule has 52 valence electrons. The maximum atomic E-state index is 4.14. The Morgan fingerprint density at radius 3 is 1.50 bits per heavy atom. The molecule has 0 N–H and O–H groups in total. The first-order valence-electron chi connectivity index (χ1n) is 3.10. The molecule has 0 saturated carbocycles. The largest absolute Gasteiger partial charge is 0.250 e. The van der Waals surface area contributed by atoms with Gasteiger partial charge in [-0.2, -0.15) is 0 Å². The fourth-order valence-electron chi connectivity index (χ4n) is 0.696. The van der Waals surface area contributed by atoms with Crippen LogP contribution < -0.4 is 10.7 Å². The van der Waals surface area contributed by atoms with E-state index in [1.54, 1.807) is 0 Å². The molecule has 2 heteroatoms. The van der Waals surface area contributed by atoms with Crippen molar-refractivity contribution in [2.75, 3.05) is 0 Å². The Bertz CT molecular complexity index is 306. The van der Waals surface area contributed by atoms with Crippen LogP contribution in [0.25, 0.3) is 13.2 Å². The number of nitrogens with zero attached hydrogens (tertiary/aromatic N) is 2. The van der Waals surface area contributed by atoms with Crippen LogP contribution in [0.4, 0.5) is 0 Å². The quantitative estimate of drug-likeness (QED) is 0.495. The number of hydrogen-bond donors (Lipinski definition) is 0. The summed E-state index contributed by atoms with van der Waals surface area (Å²) in [6, 6.07) is 0. The van der Waals surface area contributed by atoms with E-state index in [0.29, 0.717) is 10.7 Å². The fraction of sp³-hybridized carbons (Fsp3) is 0.250. The van der Waals surface area contributed by atoms with E-state index in [1.807, 2.05) is 13.8 Å². The summed E-state index contributed by atoms with van der Waals surface area (Å²) in [6.07, 6.45) is 0. The number of aryl methyl sites for hydroxylation is 2. The van der Waals surface area contributed by atoms with Gasteiger partial charge in [0.2, 0.25) is 0 Å². The van der Waals surface area contributed by atoms with Gasteiger partial charge in [0.25, 0.3) is 0 Å². The summed E-state index contributed by atoms with van der Waals surface area (Å²) in [4.78, 5) is 8.27. The van der Waals surface area contributed by atoms with Gasteiger partial charge in [0.15, 0.2) is 0 Å². The first-order chi connectivity index (χ1) is 4.61. The smallest absolute Gasteiger partial charge is 0.0812 e. The van der Waals surface area contributed by atoms with Gasteiger partial charge >= 0.3 is 0 Å². The lowest BCUT2D eigenvalue weighted by Gasteiger charge is -1.95. The zero-order chi connectivity index (χ0) is 7.72. The van der Waals surface area contributed by atoms with E-state index in [0.717, 1.165) is 11.4 Å². The highest BCUT2D eigenvalue weighted by molar-refractivity contribution is 5.11.